The van der Waals surface area contributed by atoms with Gasteiger partial charge in [-0.25, -0.2) is 0 Å². The average molecular weight is 340 g/mol. The molecule has 0 aliphatic carbocycles. The predicted molar refractivity (Wildman–Crippen MR) is 95.8 cm³/mol. The van der Waals surface area contributed by atoms with E-state index in [0.717, 1.165) is 5.75 Å². The van der Waals surface area contributed by atoms with Crippen LogP contribution in [0.15, 0.2) is 67.3 Å². The zero-order valence-corrected chi connectivity index (χ0v) is 13.6. The SMILES string of the molecule is C=CCNC(CC(=O)Nc1ccc(Oc2ccccc2)cc1)C(=O)O. The molecule has 6 heteroatoms. The first-order valence-electron chi connectivity index (χ1n) is 7.78. The number of anilines is 1. The molecule has 0 spiro atoms. The van der Waals surface area contributed by atoms with Gasteiger partial charge in [-0.2, -0.15) is 0 Å². The predicted octanol–water partition coefficient (Wildman–Crippen LogP) is 3.04. The van der Waals surface area contributed by atoms with Gasteiger partial charge in [-0.3, -0.25) is 9.59 Å². The first-order chi connectivity index (χ1) is 12.1. The standard InChI is InChI=1S/C19H20N2O4/c1-2-12-20-17(19(23)24)13-18(22)21-14-8-10-16(11-9-14)25-15-6-4-3-5-7-15/h2-11,17,20H,1,12-13H2,(H,21,22)(H,23,24). The van der Waals surface area contributed by atoms with E-state index in [2.05, 4.69) is 17.2 Å². The second-order valence-electron chi connectivity index (χ2n) is 5.28. The second kappa shape index (κ2) is 9.24. The van der Waals surface area contributed by atoms with Gasteiger partial charge in [0, 0.05) is 12.2 Å². The van der Waals surface area contributed by atoms with Gasteiger partial charge >= 0.3 is 5.97 Å². The van der Waals surface area contributed by atoms with E-state index in [0.29, 0.717) is 18.0 Å². The summed E-state index contributed by atoms with van der Waals surface area (Å²) in [5, 5.41) is 14.5. The third-order valence-corrected chi connectivity index (χ3v) is 3.31. The number of carbonyl (C=O) groups is 2. The minimum absolute atomic E-state index is 0.175. The van der Waals surface area contributed by atoms with Gasteiger partial charge in [-0.15, -0.1) is 6.58 Å². The fourth-order valence-corrected chi connectivity index (χ4v) is 2.10. The van der Waals surface area contributed by atoms with E-state index in [1.807, 2.05) is 30.3 Å². The number of benzene rings is 2. The molecular weight excluding hydrogens is 320 g/mol. The van der Waals surface area contributed by atoms with E-state index < -0.39 is 12.0 Å². The fourth-order valence-electron chi connectivity index (χ4n) is 2.10. The molecule has 0 fully saturated rings. The number of rotatable bonds is 9. The molecule has 0 aliphatic heterocycles. The molecule has 0 heterocycles. The molecular formula is C19H20N2O4. The van der Waals surface area contributed by atoms with Crippen LogP contribution in [-0.4, -0.2) is 29.6 Å². The number of ether oxygens (including phenoxy) is 1. The van der Waals surface area contributed by atoms with Crippen molar-refractivity contribution in [1.29, 1.82) is 0 Å². The Labute approximate surface area is 146 Å². The van der Waals surface area contributed by atoms with Crippen LogP contribution in [0, 0.1) is 0 Å². The van der Waals surface area contributed by atoms with Crippen molar-refractivity contribution < 1.29 is 19.4 Å². The second-order valence-corrected chi connectivity index (χ2v) is 5.28. The van der Waals surface area contributed by atoms with Crippen molar-refractivity contribution in [3.05, 3.63) is 67.3 Å². The van der Waals surface area contributed by atoms with Crippen LogP contribution in [0.25, 0.3) is 0 Å². The molecule has 2 aromatic rings. The molecule has 2 aromatic carbocycles. The lowest BCUT2D eigenvalue weighted by atomic mass is 10.2. The highest BCUT2D eigenvalue weighted by Crippen LogP contribution is 2.22. The van der Waals surface area contributed by atoms with Crippen molar-refractivity contribution in [2.45, 2.75) is 12.5 Å². The Kier molecular flexibility index (Phi) is 6.74. The number of para-hydroxylation sites is 1. The van der Waals surface area contributed by atoms with Gasteiger partial charge < -0.3 is 20.5 Å². The summed E-state index contributed by atoms with van der Waals surface area (Å²) in [5.74, 6) is -0.110. The summed E-state index contributed by atoms with van der Waals surface area (Å²) in [5.41, 5.74) is 0.568. The van der Waals surface area contributed by atoms with Crippen molar-refractivity contribution in [1.82, 2.24) is 5.32 Å². The largest absolute Gasteiger partial charge is 0.480 e. The highest BCUT2D eigenvalue weighted by Gasteiger charge is 2.20. The number of carboxylic acids is 1. The molecule has 0 bridgehead atoms. The van der Waals surface area contributed by atoms with Gasteiger partial charge in [0.05, 0.1) is 6.42 Å². The first kappa shape index (κ1) is 18.2. The Morgan fingerprint density at radius 3 is 2.32 bits per heavy atom. The Morgan fingerprint density at radius 1 is 1.08 bits per heavy atom. The summed E-state index contributed by atoms with van der Waals surface area (Å²) in [6.07, 6.45) is 1.37. The summed E-state index contributed by atoms with van der Waals surface area (Å²) < 4.78 is 5.67. The van der Waals surface area contributed by atoms with Gasteiger partial charge in [-0.05, 0) is 36.4 Å². The smallest absolute Gasteiger partial charge is 0.321 e. The molecule has 0 aromatic heterocycles. The number of nitrogens with one attached hydrogen (secondary N) is 2. The van der Waals surface area contributed by atoms with Crippen LogP contribution in [0.5, 0.6) is 11.5 Å². The Balaban J connectivity index is 1.90. The van der Waals surface area contributed by atoms with Gasteiger partial charge in [0.15, 0.2) is 0 Å². The van der Waals surface area contributed by atoms with E-state index in [9.17, 15) is 9.59 Å². The molecule has 0 aliphatic rings. The number of carbonyl (C=O) groups excluding carboxylic acids is 1. The minimum Gasteiger partial charge on any atom is -0.480 e. The van der Waals surface area contributed by atoms with Crippen molar-refractivity contribution in [2.24, 2.45) is 0 Å². The maximum atomic E-state index is 12.0. The number of aliphatic carboxylic acids is 1. The summed E-state index contributed by atoms with van der Waals surface area (Å²) in [4.78, 5) is 23.1. The molecule has 0 radical (unpaired) electrons. The van der Waals surface area contributed by atoms with Crippen LogP contribution in [0.3, 0.4) is 0 Å². The Bertz CT molecular complexity index is 714. The van der Waals surface area contributed by atoms with E-state index in [-0.39, 0.29) is 12.3 Å². The van der Waals surface area contributed by atoms with Gasteiger partial charge in [0.2, 0.25) is 5.91 Å². The lowest BCUT2D eigenvalue weighted by Gasteiger charge is -2.13. The maximum Gasteiger partial charge on any atom is 0.321 e. The molecule has 25 heavy (non-hydrogen) atoms. The molecule has 1 unspecified atom stereocenters. The van der Waals surface area contributed by atoms with Crippen molar-refractivity contribution in [2.75, 3.05) is 11.9 Å². The Hall–Kier alpha value is -3.12. The highest BCUT2D eigenvalue weighted by molar-refractivity contribution is 5.94. The molecule has 0 saturated carbocycles. The molecule has 1 amide bonds. The average Bonchev–Trinajstić information content (AvgIpc) is 2.61. The normalized spacial score (nSPS) is 11.4. The fraction of sp³-hybridized carbons (Fsp3) is 0.158. The van der Waals surface area contributed by atoms with Crippen LogP contribution in [0.1, 0.15) is 6.42 Å². The zero-order valence-electron chi connectivity index (χ0n) is 13.6. The van der Waals surface area contributed by atoms with E-state index in [1.54, 1.807) is 30.3 Å². The summed E-state index contributed by atoms with van der Waals surface area (Å²) in [7, 11) is 0. The lowest BCUT2D eigenvalue weighted by Crippen LogP contribution is -2.39. The van der Waals surface area contributed by atoms with Crippen LogP contribution < -0.4 is 15.4 Å². The van der Waals surface area contributed by atoms with Gasteiger partial charge in [-0.1, -0.05) is 24.3 Å². The summed E-state index contributed by atoms with van der Waals surface area (Å²) >= 11 is 0. The summed E-state index contributed by atoms with van der Waals surface area (Å²) in [6, 6.07) is 15.2. The third kappa shape index (κ3) is 6.12. The molecule has 0 saturated heterocycles. The number of hydrogen-bond acceptors (Lipinski definition) is 4. The molecule has 2 rings (SSSR count). The monoisotopic (exact) mass is 340 g/mol. The quantitative estimate of drug-likeness (QED) is 0.611. The molecule has 3 N–H and O–H groups in total. The topological polar surface area (TPSA) is 87.7 Å². The number of hydrogen-bond donors (Lipinski definition) is 3. The van der Waals surface area contributed by atoms with Gasteiger partial charge in [0.25, 0.3) is 0 Å². The van der Waals surface area contributed by atoms with Crippen molar-refractivity contribution >= 4 is 17.6 Å². The van der Waals surface area contributed by atoms with E-state index >= 15 is 0 Å². The van der Waals surface area contributed by atoms with Crippen molar-refractivity contribution in [3.8, 4) is 11.5 Å². The third-order valence-electron chi connectivity index (χ3n) is 3.31. The molecule has 130 valence electrons. The maximum absolute atomic E-state index is 12.0. The minimum atomic E-state index is -1.08. The van der Waals surface area contributed by atoms with Crippen LogP contribution in [0.4, 0.5) is 5.69 Å². The van der Waals surface area contributed by atoms with Crippen LogP contribution in [0.2, 0.25) is 0 Å². The lowest BCUT2D eigenvalue weighted by molar-refractivity contribution is -0.140. The van der Waals surface area contributed by atoms with E-state index in [1.165, 1.54) is 0 Å². The van der Waals surface area contributed by atoms with Crippen LogP contribution in [-0.2, 0) is 9.59 Å². The summed E-state index contributed by atoms with van der Waals surface area (Å²) in [6.45, 7) is 3.82. The number of carboxylic acid groups (broad SMARTS) is 1. The first-order valence-corrected chi connectivity index (χ1v) is 7.78. The highest BCUT2D eigenvalue weighted by atomic mass is 16.5. The molecule has 1 atom stereocenters. The van der Waals surface area contributed by atoms with Crippen molar-refractivity contribution in [3.63, 3.8) is 0 Å². The van der Waals surface area contributed by atoms with Crippen LogP contribution >= 0.6 is 0 Å². The Morgan fingerprint density at radius 2 is 1.72 bits per heavy atom. The zero-order chi connectivity index (χ0) is 18.1. The molecule has 6 nitrogen and oxygen atoms in total. The number of amides is 1. The van der Waals surface area contributed by atoms with Gasteiger partial charge in [0.1, 0.15) is 17.5 Å². The van der Waals surface area contributed by atoms with E-state index in [4.69, 9.17) is 9.84 Å².